The van der Waals surface area contributed by atoms with Crippen LogP contribution in [0.3, 0.4) is 0 Å². The summed E-state index contributed by atoms with van der Waals surface area (Å²) in [5.74, 6) is -0.549. The SMILES string of the molecule is O=[N+]([O-])c1ccccc1[O-].[Na+].c1cc[nH]c1. The second kappa shape index (κ2) is 7.92. The predicted molar refractivity (Wildman–Crippen MR) is 53.3 cm³/mol. The Hall–Kier alpha value is -1.30. The molecular formula is C10H9N2NaO3. The molecular weight excluding hydrogens is 219 g/mol. The molecule has 5 nitrogen and oxygen atoms in total. The van der Waals surface area contributed by atoms with E-state index in [9.17, 15) is 15.2 Å². The van der Waals surface area contributed by atoms with E-state index in [4.69, 9.17) is 0 Å². The Morgan fingerprint density at radius 1 is 1.06 bits per heavy atom. The molecule has 0 atom stereocenters. The molecule has 16 heavy (non-hydrogen) atoms. The largest absolute Gasteiger partial charge is 1.00 e. The van der Waals surface area contributed by atoms with Crippen molar-refractivity contribution in [3.63, 3.8) is 0 Å². The Morgan fingerprint density at radius 3 is 1.94 bits per heavy atom. The van der Waals surface area contributed by atoms with E-state index in [-0.39, 0.29) is 35.2 Å². The van der Waals surface area contributed by atoms with E-state index in [0.29, 0.717) is 0 Å². The van der Waals surface area contributed by atoms with Crippen molar-refractivity contribution in [2.24, 2.45) is 0 Å². The van der Waals surface area contributed by atoms with E-state index in [1.807, 2.05) is 24.5 Å². The first-order valence-electron chi connectivity index (χ1n) is 4.20. The normalized spacial score (nSPS) is 8.25. The van der Waals surface area contributed by atoms with Gasteiger partial charge in [-0.05, 0) is 17.9 Å². The van der Waals surface area contributed by atoms with Crippen LogP contribution in [-0.2, 0) is 0 Å². The van der Waals surface area contributed by atoms with Crippen LogP contribution in [0.2, 0.25) is 0 Å². The number of hydrogen-bond donors (Lipinski definition) is 1. The standard InChI is InChI=1S/C6H5NO3.C4H5N.Na/c8-6-4-2-1-3-5(6)7(9)10;1-2-4-5-3-1;/h1-4,8H;1-5H;/q;;+1/p-1. The summed E-state index contributed by atoms with van der Waals surface area (Å²) in [5, 5.41) is 20.6. The summed E-state index contributed by atoms with van der Waals surface area (Å²) in [4.78, 5) is 12.2. The van der Waals surface area contributed by atoms with Gasteiger partial charge in [-0.15, -0.1) is 0 Å². The Labute approximate surface area is 115 Å². The molecule has 0 aliphatic carbocycles. The van der Waals surface area contributed by atoms with E-state index in [2.05, 4.69) is 4.98 Å². The fourth-order valence-corrected chi connectivity index (χ4v) is 0.886. The Morgan fingerprint density at radius 2 is 1.62 bits per heavy atom. The third kappa shape index (κ3) is 4.97. The summed E-state index contributed by atoms with van der Waals surface area (Å²) < 4.78 is 0. The second-order valence-electron chi connectivity index (χ2n) is 2.61. The fraction of sp³-hybridized carbons (Fsp3) is 0. The van der Waals surface area contributed by atoms with Gasteiger partial charge in [0.2, 0.25) is 0 Å². The molecule has 6 heteroatoms. The minimum atomic E-state index is -0.692. The molecule has 0 aliphatic heterocycles. The van der Waals surface area contributed by atoms with Crippen molar-refractivity contribution in [3.8, 4) is 5.75 Å². The van der Waals surface area contributed by atoms with Crippen molar-refractivity contribution in [2.45, 2.75) is 0 Å². The third-order valence-electron chi connectivity index (χ3n) is 1.56. The predicted octanol–water partition coefficient (Wildman–Crippen LogP) is -1.31. The average molecular weight is 228 g/mol. The van der Waals surface area contributed by atoms with Gasteiger partial charge in [0, 0.05) is 18.5 Å². The van der Waals surface area contributed by atoms with E-state index in [1.165, 1.54) is 18.2 Å². The first-order valence-corrected chi connectivity index (χ1v) is 4.20. The van der Waals surface area contributed by atoms with Gasteiger partial charge in [-0.3, -0.25) is 10.1 Å². The summed E-state index contributed by atoms with van der Waals surface area (Å²) in [6.45, 7) is 0. The number of nitrogens with one attached hydrogen (secondary N) is 1. The first-order chi connectivity index (χ1) is 7.22. The molecule has 0 unspecified atom stereocenters. The molecule has 1 aromatic carbocycles. The van der Waals surface area contributed by atoms with Crippen LogP contribution in [0.5, 0.6) is 5.75 Å². The van der Waals surface area contributed by atoms with Crippen LogP contribution < -0.4 is 34.7 Å². The van der Waals surface area contributed by atoms with Crippen molar-refractivity contribution in [3.05, 3.63) is 58.9 Å². The molecule has 0 amide bonds. The Bertz CT molecular complexity index is 401. The zero-order chi connectivity index (χ0) is 11.1. The maximum Gasteiger partial charge on any atom is 1.00 e. The number of aromatic amines is 1. The quantitative estimate of drug-likeness (QED) is 0.373. The molecule has 1 aromatic heterocycles. The van der Waals surface area contributed by atoms with Gasteiger partial charge in [0.1, 0.15) is 0 Å². The number of para-hydroxylation sites is 2. The van der Waals surface area contributed by atoms with E-state index in [1.54, 1.807) is 0 Å². The van der Waals surface area contributed by atoms with Crippen LogP contribution in [0.15, 0.2) is 48.8 Å². The van der Waals surface area contributed by atoms with E-state index >= 15 is 0 Å². The molecule has 0 bridgehead atoms. The maximum absolute atomic E-state index is 10.6. The number of nitro groups is 1. The molecule has 0 fully saturated rings. The third-order valence-corrected chi connectivity index (χ3v) is 1.56. The number of H-pyrrole nitrogens is 1. The number of aromatic nitrogens is 1. The van der Waals surface area contributed by atoms with Gasteiger partial charge in [0.05, 0.1) is 4.92 Å². The molecule has 0 spiro atoms. The van der Waals surface area contributed by atoms with Crippen molar-refractivity contribution in [1.29, 1.82) is 0 Å². The zero-order valence-electron chi connectivity index (χ0n) is 8.79. The molecule has 0 aliphatic rings. The van der Waals surface area contributed by atoms with E-state index < -0.39 is 10.7 Å². The van der Waals surface area contributed by atoms with Gasteiger partial charge in [-0.25, -0.2) is 0 Å². The van der Waals surface area contributed by atoms with Gasteiger partial charge in [-0.1, -0.05) is 18.2 Å². The number of nitrogens with zero attached hydrogens (tertiary/aromatic N) is 1. The van der Waals surface area contributed by atoms with Crippen LogP contribution >= 0.6 is 0 Å². The molecule has 2 rings (SSSR count). The molecule has 1 heterocycles. The van der Waals surface area contributed by atoms with Gasteiger partial charge in [0.15, 0.2) is 0 Å². The summed E-state index contributed by atoms with van der Waals surface area (Å²) in [6, 6.07) is 9.16. The van der Waals surface area contributed by atoms with Crippen molar-refractivity contribution in [2.75, 3.05) is 0 Å². The summed E-state index contributed by atoms with van der Waals surface area (Å²) in [7, 11) is 0. The molecule has 78 valence electrons. The summed E-state index contributed by atoms with van der Waals surface area (Å²) in [5.41, 5.74) is -0.373. The first kappa shape index (κ1) is 14.7. The van der Waals surface area contributed by atoms with Crippen LogP contribution in [-0.4, -0.2) is 9.91 Å². The molecule has 0 saturated heterocycles. The zero-order valence-corrected chi connectivity index (χ0v) is 10.8. The monoisotopic (exact) mass is 228 g/mol. The fourth-order valence-electron chi connectivity index (χ4n) is 0.886. The number of hydrogen-bond acceptors (Lipinski definition) is 3. The summed E-state index contributed by atoms with van der Waals surface area (Å²) in [6.07, 6.45) is 3.75. The number of benzene rings is 1. The van der Waals surface area contributed by atoms with Crippen molar-refractivity contribution in [1.82, 2.24) is 4.98 Å². The smallest absolute Gasteiger partial charge is 0.868 e. The Balaban J connectivity index is 0.000000318. The summed E-state index contributed by atoms with van der Waals surface area (Å²) >= 11 is 0. The molecule has 0 saturated carbocycles. The number of nitro benzene ring substituents is 1. The average Bonchev–Trinajstić information content (AvgIpc) is 2.75. The Kier molecular flexibility index (Phi) is 7.28. The van der Waals surface area contributed by atoms with Gasteiger partial charge in [0.25, 0.3) is 5.69 Å². The minimum Gasteiger partial charge on any atom is -0.868 e. The minimum absolute atomic E-state index is 0. The van der Waals surface area contributed by atoms with Crippen molar-refractivity contribution >= 4 is 5.69 Å². The van der Waals surface area contributed by atoms with Gasteiger partial charge < -0.3 is 10.1 Å². The maximum atomic E-state index is 10.6. The van der Waals surface area contributed by atoms with Crippen LogP contribution in [0.4, 0.5) is 5.69 Å². The van der Waals surface area contributed by atoms with E-state index in [0.717, 1.165) is 6.07 Å². The topological polar surface area (TPSA) is 82.0 Å². The molecule has 1 N–H and O–H groups in total. The molecule has 0 radical (unpaired) electrons. The molecule has 2 aromatic rings. The number of rotatable bonds is 1. The van der Waals surface area contributed by atoms with Gasteiger partial charge >= 0.3 is 29.6 Å². The van der Waals surface area contributed by atoms with Crippen LogP contribution in [0.1, 0.15) is 0 Å². The second-order valence-corrected chi connectivity index (χ2v) is 2.61. The van der Waals surface area contributed by atoms with Crippen molar-refractivity contribution < 1.29 is 39.6 Å². The van der Waals surface area contributed by atoms with Gasteiger partial charge in [-0.2, -0.15) is 0 Å². The van der Waals surface area contributed by atoms with Crippen LogP contribution in [0, 0.1) is 10.1 Å². The van der Waals surface area contributed by atoms with Crippen LogP contribution in [0.25, 0.3) is 0 Å².